The molecule has 1 saturated carbocycles. The lowest BCUT2D eigenvalue weighted by molar-refractivity contribution is 0.0728. The molecule has 2 amide bonds. The van der Waals surface area contributed by atoms with Crippen molar-refractivity contribution in [1.29, 1.82) is 0 Å². The Morgan fingerprint density at radius 1 is 1.23 bits per heavy atom. The Morgan fingerprint density at radius 3 is 2.55 bits per heavy atom. The molecule has 1 aromatic rings. The van der Waals surface area contributed by atoms with Crippen molar-refractivity contribution in [2.24, 2.45) is 5.41 Å². The van der Waals surface area contributed by atoms with Gasteiger partial charge in [0, 0.05) is 29.9 Å². The number of amides is 2. The van der Waals surface area contributed by atoms with Crippen molar-refractivity contribution in [2.75, 3.05) is 43.6 Å². The zero-order valence-corrected chi connectivity index (χ0v) is 27.5. The van der Waals surface area contributed by atoms with E-state index in [4.69, 9.17) is 18.6 Å². The summed E-state index contributed by atoms with van der Waals surface area (Å²) in [6.45, 7) is 16.2. The largest absolute Gasteiger partial charge is 0.493 e. The summed E-state index contributed by atoms with van der Waals surface area (Å²) in [5.41, 5.74) is 1.07. The van der Waals surface area contributed by atoms with E-state index < -0.39 is 14.4 Å². The lowest BCUT2D eigenvalue weighted by Crippen LogP contribution is -2.44. The molecule has 1 aliphatic carbocycles. The van der Waals surface area contributed by atoms with Crippen LogP contribution in [0.4, 0.5) is 10.5 Å². The molecule has 0 radical (unpaired) electrons. The van der Waals surface area contributed by atoms with Crippen LogP contribution in [0.1, 0.15) is 63.2 Å². The quantitative estimate of drug-likeness (QED) is 0.151. The third-order valence-corrected chi connectivity index (χ3v) is 14.1. The van der Waals surface area contributed by atoms with Gasteiger partial charge >= 0.3 is 6.09 Å². The first-order valence-corrected chi connectivity index (χ1v) is 18.3. The van der Waals surface area contributed by atoms with E-state index in [1.807, 2.05) is 4.90 Å². The maximum atomic E-state index is 14.0. The van der Waals surface area contributed by atoms with Crippen LogP contribution in [-0.4, -0.2) is 76.1 Å². The molecule has 0 bridgehead atoms. The number of ether oxygens (including phenoxy) is 3. The fraction of sp³-hybridized carbons (Fsp3) is 0.667. The van der Waals surface area contributed by atoms with Gasteiger partial charge in [-0.2, -0.15) is 0 Å². The molecule has 0 aromatic heterocycles. The number of rotatable bonds is 11. The van der Waals surface area contributed by atoms with Crippen LogP contribution in [0.15, 0.2) is 24.8 Å². The predicted octanol–water partition coefficient (Wildman–Crippen LogP) is 6.78. The normalized spacial score (nSPS) is 21.8. The molecule has 40 heavy (non-hydrogen) atoms. The van der Waals surface area contributed by atoms with Gasteiger partial charge in [-0.25, -0.2) is 4.79 Å². The third-order valence-electron chi connectivity index (χ3n) is 8.98. The van der Waals surface area contributed by atoms with Crippen molar-refractivity contribution >= 4 is 41.9 Å². The van der Waals surface area contributed by atoms with Gasteiger partial charge in [0.1, 0.15) is 6.61 Å². The monoisotopic (exact) mass is 636 g/mol. The highest BCUT2D eigenvalue weighted by Gasteiger charge is 2.47. The summed E-state index contributed by atoms with van der Waals surface area (Å²) in [4.78, 5) is 30.8. The summed E-state index contributed by atoms with van der Waals surface area (Å²) in [5, 5.41) is 1.03. The topological polar surface area (TPSA) is 77.5 Å². The van der Waals surface area contributed by atoms with Gasteiger partial charge in [-0.15, -0.1) is 0 Å². The van der Waals surface area contributed by atoms with Crippen LogP contribution in [0.2, 0.25) is 18.1 Å². The third kappa shape index (κ3) is 6.54. The maximum Gasteiger partial charge on any atom is 0.414 e. The number of alkyl halides is 1. The molecule has 222 valence electrons. The second kappa shape index (κ2) is 12.1. The Kier molecular flexibility index (Phi) is 9.31. The molecule has 4 rings (SSSR count). The second-order valence-corrected chi connectivity index (χ2v) is 18.5. The molecule has 2 heterocycles. The molecular formula is C30H45BrN2O6Si. The van der Waals surface area contributed by atoms with E-state index in [0.29, 0.717) is 48.9 Å². The number of halogens is 1. The first-order valence-electron chi connectivity index (χ1n) is 14.3. The number of carbonyl (C=O) groups is 2. The minimum absolute atomic E-state index is 0.0567. The average Bonchev–Trinajstić information content (AvgIpc) is 3.59. The Morgan fingerprint density at radius 2 is 1.95 bits per heavy atom. The summed E-state index contributed by atoms with van der Waals surface area (Å²) < 4.78 is 24.2. The zero-order chi connectivity index (χ0) is 29.3. The van der Waals surface area contributed by atoms with Gasteiger partial charge in [0.05, 0.1) is 37.1 Å². The minimum Gasteiger partial charge on any atom is -0.493 e. The average molecular weight is 638 g/mol. The van der Waals surface area contributed by atoms with Gasteiger partial charge in [-0.1, -0.05) is 49.4 Å². The molecule has 3 aliphatic rings. The summed E-state index contributed by atoms with van der Waals surface area (Å²) in [6.07, 6.45) is 6.07. The van der Waals surface area contributed by atoms with Gasteiger partial charge < -0.3 is 23.5 Å². The predicted molar refractivity (Wildman–Crippen MR) is 164 cm³/mol. The molecule has 2 aliphatic heterocycles. The van der Waals surface area contributed by atoms with Crippen molar-refractivity contribution in [3.63, 3.8) is 0 Å². The van der Waals surface area contributed by atoms with Crippen LogP contribution in [0.25, 0.3) is 0 Å². The smallest absolute Gasteiger partial charge is 0.414 e. The van der Waals surface area contributed by atoms with Gasteiger partial charge in [0.15, 0.2) is 19.8 Å². The first kappa shape index (κ1) is 30.9. The molecule has 0 spiro atoms. The van der Waals surface area contributed by atoms with Gasteiger partial charge in [0.25, 0.3) is 5.91 Å². The van der Waals surface area contributed by atoms with E-state index in [1.54, 1.807) is 24.1 Å². The Labute approximate surface area is 248 Å². The van der Waals surface area contributed by atoms with Crippen molar-refractivity contribution in [3.8, 4) is 11.5 Å². The second-order valence-electron chi connectivity index (χ2n) is 12.9. The molecule has 1 saturated heterocycles. The van der Waals surface area contributed by atoms with E-state index >= 15 is 0 Å². The molecular weight excluding hydrogens is 592 g/mol. The first-order chi connectivity index (χ1) is 18.8. The van der Waals surface area contributed by atoms with Crippen LogP contribution in [0.3, 0.4) is 0 Å². The standard InChI is InChI=1S/C30H45BrN2O6Si/c1-8-14-37-28(35)33-18-21-15-22(39-40(6,7)29(2,3)4)19-32(21)27(34)23-16-25(36-5)26(17-24(23)33)38-20-30(11-12-30)10-9-13-31/h8,16-17,21-22H,1,9-15,18-20H2,2-7H3/t21-,22+/m0/s1. The number of carbonyl (C=O) groups excluding carboxylic acids is 2. The van der Waals surface area contributed by atoms with E-state index in [0.717, 1.165) is 31.0 Å². The van der Waals surface area contributed by atoms with E-state index in [2.05, 4.69) is 56.4 Å². The van der Waals surface area contributed by atoms with Gasteiger partial charge in [-0.05, 0) is 56.3 Å². The zero-order valence-electron chi connectivity index (χ0n) is 24.9. The SMILES string of the molecule is C=CCOC(=O)N1C[C@@H]2C[C@@H](O[Si](C)(C)C(C)(C)C)CN2C(=O)c2cc(OC)c(OCC3(CCCBr)CC3)cc21. The highest BCUT2D eigenvalue weighted by Crippen LogP contribution is 2.51. The number of anilines is 1. The Balaban J connectivity index is 1.65. The van der Waals surface area contributed by atoms with Gasteiger partial charge in [0.2, 0.25) is 0 Å². The molecule has 8 nitrogen and oxygen atoms in total. The molecule has 2 fully saturated rings. The fourth-order valence-electron chi connectivity index (χ4n) is 5.35. The lowest BCUT2D eigenvalue weighted by Gasteiger charge is -2.38. The minimum atomic E-state index is -2.04. The number of fused-ring (bicyclic) bond motifs is 2. The number of hydrogen-bond donors (Lipinski definition) is 0. The number of hydrogen-bond acceptors (Lipinski definition) is 6. The van der Waals surface area contributed by atoms with Crippen LogP contribution < -0.4 is 14.4 Å². The summed E-state index contributed by atoms with van der Waals surface area (Å²) in [7, 11) is -0.466. The van der Waals surface area contributed by atoms with Crippen LogP contribution in [0.5, 0.6) is 11.5 Å². The van der Waals surface area contributed by atoms with E-state index in [-0.39, 0.29) is 35.1 Å². The number of methoxy groups -OCH3 is 1. The molecule has 0 N–H and O–H groups in total. The Bertz CT molecular complexity index is 1120. The summed E-state index contributed by atoms with van der Waals surface area (Å²) in [5.74, 6) is 0.873. The lowest BCUT2D eigenvalue weighted by atomic mass is 10.0. The maximum absolute atomic E-state index is 14.0. The van der Waals surface area contributed by atoms with Crippen molar-refractivity contribution < 1.29 is 28.2 Å². The molecule has 2 atom stereocenters. The van der Waals surface area contributed by atoms with Crippen molar-refractivity contribution in [3.05, 3.63) is 30.4 Å². The number of benzene rings is 1. The van der Waals surface area contributed by atoms with Crippen LogP contribution in [0, 0.1) is 5.41 Å². The van der Waals surface area contributed by atoms with Crippen molar-refractivity contribution in [1.82, 2.24) is 4.90 Å². The highest BCUT2D eigenvalue weighted by atomic mass is 79.9. The van der Waals surface area contributed by atoms with Gasteiger partial charge in [-0.3, -0.25) is 9.69 Å². The molecule has 10 heteroatoms. The van der Waals surface area contributed by atoms with Crippen molar-refractivity contribution in [2.45, 2.75) is 83.2 Å². The van der Waals surface area contributed by atoms with E-state index in [9.17, 15) is 9.59 Å². The number of nitrogens with zero attached hydrogens (tertiary/aromatic N) is 2. The fourth-order valence-corrected chi connectivity index (χ4v) is 6.99. The molecule has 0 unspecified atom stereocenters. The Hall–Kier alpha value is -2.04. The highest BCUT2D eigenvalue weighted by molar-refractivity contribution is 9.09. The summed E-state index contributed by atoms with van der Waals surface area (Å²) >= 11 is 3.53. The van der Waals surface area contributed by atoms with Crippen LogP contribution >= 0.6 is 15.9 Å². The summed E-state index contributed by atoms with van der Waals surface area (Å²) in [6, 6.07) is 3.29. The van der Waals surface area contributed by atoms with E-state index in [1.165, 1.54) is 6.08 Å². The molecule has 1 aromatic carbocycles. The van der Waals surface area contributed by atoms with Crippen LogP contribution in [-0.2, 0) is 9.16 Å².